The summed E-state index contributed by atoms with van der Waals surface area (Å²) in [6.07, 6.45) is 2.46. The van der Waals surface area contributed by atoms with Crippen molar-refractivity contribution in [1.29, 1.82) is 5.26 Å². The number of hydrogen-bond acceptors (Lipinski definition) is 3. The first-order valence-electron chi connectivity index (χ1n) is 4.15. The lowest BCUT2D eigenvalue weighted by molar-refractivity contribution is -0.00283. The first kappa shape index (κ1) is 7.08. The smallest absolute Gasteiger partial charge is 0.156 e. The highest BCUT2D eigenvalue weighted by molar-refractivity contribution is 4.94. The van der Waals surface area contributed by atoms with Crippen LogP contribution in [-0.4, -0.2) is 36.7 Å². The van der Waals surface area contributed by atoms with Crippen molar-refractivity contribution in [3.63, 3.8) is 0 Å². The van der Waals surface area contributed by atoms with E-state index in [0.717, 1.165) is 25.7 Å². The number of hydrogen-bond donors (Lipinski definition) is 0. The molecule has 60 valence electrons. The Balaban J connectivity index is 1.88. The molecule has 0 aromatic heterocycles. The van der Waals surface area contributed by atoms with Crippen molar-refractivity contribution in [3.05, 3.63) is 0 Å². The van der Waals surface area contributed by atoms with E-state index >= 15 is 0 Å². The molecule has 0 aromatic rings. The fourth-order valence-corrected chi connectivity index (χ4v) is 1.52. The van der Waals surface area contributed by atoms with E-state index in [1.165, 1.54) is 12.8 Å². The minimum atomic E-state index is -0.177. The van der Waals surface area contributed by atoms with Gasteiger partial charge in [0.15, 0.2) is 6.10 Å². The van der Waals surface area contributed by atoms with E-state index in [9.17, 15) is 0 Å². The molecule has 0 amide bonds. The van der Waals surface area contributed by atoms with E-state index in [1.54, 1.807) is 0 Å². The fourth-order valence-electron chi connectivity index (χ4n) is 1.52. The SMILES string of the molecule is N#CC1CN(C2CC2)CCO1. The van der Waals surface area contributed by atoms with Gasteiger partial charge in [-0.3, -0.25) is 4.90 Å². The van der Waals surface area contributed by atoms with Crippen molar-refractivity contribution in [1.82, 2.24) is 4.90 Å². The minimum Gasteiger partial charge on any atom is -0.361 e. The summed E-state index contributed by atoms with van der Waals surface area (Å²) < 4.78 is 5.23. The Kier molecular flexibility index (Phi) is 1.80. The topological polar surface area (TPSA) is 36.3 Å². The maximum absolute atomic E-state index is 8.61. The highest BCUT2D eigenvalue weighted by atomic mass is 16.5. The molecule has 1 unspecified atom stereocenters. The van der Waals surface area contributed by atoms with E-state index in [1.807, 2.05) is 0 Å². The molecule has 0 N–H and O–H groups in total. The molecule has 1 heterocycles. The number of ether oxygens (including phenoxy) is 1. The summed E-state index contributed by atoms with van der Waals surface area (Å²) in [4.78, 5) is 2.37. The molecular formula is C8H12N2O. The quantitative estimate of drug-likeness (QED) is 0.544. The Morgan fingerprint density at radius 3 is 2.91 bits per heavy atom. The van der Waals surface area contributed by atoms with E-state index in [4.69, 9.17) is 10.00 Å². The summed E-state index contributed by atoms with van der Waals surface area (Å²) in [5.41, 5.74) is 0. The van der Waals surface area contributed by atoms with Gasteiger partial charge in [0, 0.05) is 19.1 Å². The van der Waals surface area contributed by atoms with Crippen molar-refractivity contribution in [2.75, 3.05) is 19.7 Å². The maximum atomic E-state index is 8.61. The number of rotatable bonds is 1. The molecule has 2 fully saturated rings. The summed E-state index contributed by atoms with van der Waals surface area (Å²) in [7, 11) is 0. The third-order valence-electron chi connectivity index (χ3n) is 2.31. The van der Waals surface area contributed by atoms with Gasteiger partial charge in [-0.15, -0.1) is 0 Å². The van der Waals surface area contributed by atoms with E-state index < -0.39 is 0 Å². The van der Waals surface area contributed by atoms with Gasteiger partial charge in [0.2, 0.25) is 0 Å². The van der Waals surface area contributed by atoms with Crippen molar-refractivity contribution < 1.29 is 4.74 Å². The lowest BCUT2D eigenvalue weighted by atomic mass is 10.3. The fraction of sp³-hybridized carbons (Fsp3) is 0.875. The molecule has 3 heteroatoms. The molecule has 3 nitrogen and oxygen atoms in total. The monoisotopic (exact) mass is 152 g/mol. The predicted octanol–water partition coefficient (Wildman–Crippen LogP) is 0.373. The van der Waals surface area contributed by atoms with Gasteiger partial charge in [-0.25, -0.2) is 0 Å². The molecule has 0 spiro atoms. The molecule has 0 bridgehead atoms. The van der Waals surface area contributed by atoms with Gasteiger partial charge in [-0.05, 0) is 12.8 Å². The molecule has 1 atom stereocenters. The highest BCUT2D eigenvalue weighted by Gasteiger charge is 2.32. The van der Waals surface area contributed by atoms with Crippen LogP contribution in [0.2, 0.25) is 0 Å². The molecular weight excluding hydrogens is 140 g/mol. The van der Waals surface area contributed by atoms with Gasteiger partial charge in [0.1, 0.15) is 0 Å². The third-order valence-corrected chi connectivity index (χ3v) is 2.31. The van der Waals surface area contributed by atoms with Crippen LogP contribution in [0, 0.1) is 11.3 Å². The molecule has 2 rings (SSSR count). The van der Waals surface area contributed by atoms with Crippen LogP contribution in [0.15, 0.2) is 0 Å². The van der Waals surface area contributed by atoms with Crippen LogP contribution < -0.4 is 0 Å². The zero-order valence-corrected chi connectivity index (χ0v) is 6.49. The Morgan fingerprint density at radius 2 is 2.27 bits per heavy atom. The van der Waals surface area contributed by atoms with Gasteiger partial charge in [0.05, 0.1) is 12.7 Å². The largest absolute Gasteiger partial charge is 0.361 e. The van der Waals surface area contributed by atoms with Crippen molar-refractivity contribution in [2.24, 2.45) is 0 Å². The number of morpholine rings is 1. The third kappa shape index (κ3) is 1.52. The van der Waals surface area contributed by atoms with E-state index in [-0.39, 0.29) is 6.10 Å². The Bertz CT molecular complexity index is 183. The van der Waals surface area contributed by atoms with E-state index in [0.29, 0.717) is 0 Å². The van der Waals surface area contributed by atoms with Gasteiger partial charge >= 0.3 is 0 Å². The van der Waals surface area contributed by atoms with Crippen LogP contribution in [-0.2, 0) is 4.74 Å². The normalized spacial score (nSPS) is 33.2. The summed E-state index contributed by atoms with van der Waals surface area (Å²) in [6, 6.07) is 2.93. The van der Waals surface area contributed by atoms with Gasteiger partial charge in [-0.1, -0.05) is 0 Å². The van der Waals surface area contributed by atoms with Crippen molar-refractivity contribution in [3.8, 4) is 6.07 Å². The first-order valence-corrected chi connectivity index (χ1v) is 4.15. The summed E-state index contributed by atoms with van der Waals surface area (Å²) in [6.45, 7) is 2.57. The summed E-state index contributed by atoms with van der Waals surface area (Å²) in [5, 5.41) is 8.61. The second kappa shape index (κ2) is 2.80. The minimum absolute atomic E-state index is 0.177. The molecule has 2 aliphatic rings. The average molecular weight is 152 g/mol. The van der Waals surface area contributed by atoms with Crippen LogP contribution >= 0.6 is 0 Å². The Labute approximate surface area is 66.5 Å². The first-order chi connectivity index (χ1) is 5.40. The van der Waals surface area contributed by atoms with Gasteiger partial charge < -0.3 is 4.74 Å². The predicted molar refractivity (Wildman–Crippen MR) is 39.9 cm³/mol. The lowest BCUT2D eigenvalue weighted by Crippen LogP contribution is -2.42. The molecule has 0 radical (unpaired) electrons. The summed E-state index contributed by atoms with van der Waals surface area (Å²) >= 11 is 0. The van der Waals surface area contributed by atoms with Crippen LogP contribution in [0.3, 0.4) is 0 Å². The van der Waals surface area contributed by atoms with Crippen molar-refractivity contribution >= 4 is 0 Å². The lowest BCUT2D eigenvalue weighted by Gasteiger charge is -2.29. The molecule has 1 saturated carbocycles. The van der Waals surface area contributed by atoms with Crippen LogP contribution in [0.4, 0.5) is 0 Å². The van der Waals surface area contributed by atoms with Crippen LogP contribution in [0.5, 0.6) is 0 Å². The number of nitrogens with zero attached hydrogens (tertiary/aromatic N) is 2. The average Bonchev–Trinajstić information content (AvgIpc) is 2.87. The molecule has 0 aromatic carbocycles. The molecule has 1 aliphatic carbocycles. The number of nitriles is 1. The Hall–Kier alpha value is -0.590. The van der Waals surface area contributed by atoms with Gasteiger partial charge in [0.25, 0.3) is 0 Å². The zero-order chi connectivity index (χ0) is 7.68. The second-order valence-electron chi connectivity index (χ2n) is 3.21. The highest BCUT2D eigenvalue weighted by Crippen LogP contribution is 2.27. The zero-order valence-electron chi connectivity index (χ0n) is 6.49. The van der Waals surface area contributed by atoms with E-state index in [2.05, 4.69) is 11.0 Å². The summed E-state index contributed by atoms with van der Waals surface area (Å²) in [5.74, 6) is 0. The Morgan fingerprint density at radius 1 is 1.45 bits per heavy atom. The van der Waals surface area contributed by atoms with Crippen molar-refractivity contribution in [2.45, 2.75) is 25.0 Å². The molecule has 1 aliphatic heterocycles. The standard InChI is InChI=1S/C8H12N2O/c9-5-8-6-10(3-4-11-8)7-1-2-7/h7-8H,1-4,6H2. The molecule has 11 heavy (non-hydrogen) atoms. The maximum Gasteiger partial charge on any atom is 0.156 e. The second-order valence-corrected chi connectivity index (χ2v) is 3.21. The van der Waals surface area contributed by atoms with Gasteiger partial charge in [-0.2, -0.15) is 5.26 Å². The molecule has 1 saturated heterocycles. The van der Waals surface area contributed by atoms with Crippen LogP contribution in [0.1, 0.15) is 12.8 Å². The van der Waals surface area contributed by atoms with Crippen LogP contribution in [0.25, 0.3) is 0 Å².